The Morgan fingerprint density at radius 1 is 1.16 bits per heavy atom. The van der Waals surface area contributed by atoms with Crippen LogP contribution in [0.3, 0.4) is 0 Å². The molecule has 102 valence electrons. The average molecular weight is 387 g/mol. The Labute approximate surface area is 130 Å². The van der Waals surface area contributed by atoms with Crippen molar-refractivity contribution in [3.05, 3.63) is 27.4 Å². The Bertz CT molecular complexity index is 572. The van der Waals surface area contributed by atoms with Crippen molar-refractivity contribution in [3.63, 3.8) is 0 Å². The lowest BCUT2D eigenvalue weighted by molar-refractivity contribution is 0.725. The molecule has 2 aromatic rings. The zero-order valence-corrected chi connectivity index (χ0v) is 14.3. The van der Waals surface area contributed by atoms with Crippen LogP contribution in [-0.2, 0) is 0 Å². The molecule has 0 unspecified atom stereocenters. The SMILES string of the molecule is CCCCN(CC)c1ncnc2c(Br)cc(Br)cc12. The number of hydrogen-bond donors (Lipinski definition) is 0. The molecule has 1 heterocycles. The van der Waals surface area contributed by atoms with E-state index in [1.165, 1.54) is 12.8 Å². The predicted octanol–water partition coefficient (Wildman–Crippen LogP) is 4.78. The molecule has 1 aromatic carbocycles. The van der Waals surface area contributed by atoms with Crippen LogP contribution >= 0.6 is 31.9 Å². The molecule has 3 nitrogen and oxygen atoms in total. The maximum Gasteiger partial charge on any atom is 0.139 e. The van der Waals surface area contributed by atoms with Gasteiger partial charge in [0, 0.05) is 27.4 Å². The maximum absolute atomic E-state index is 4.49. The van der Waals surface area contributed by atoms with E-state index in [2.05, 4.69) is 66.6 Å². The molecule has 0 bridgehead atoms. The minimum Gasteiger partial charge on any atom is -0.356 e. The lowest BCUT2D eigenvalue weighted by atomic mass is 10.2. The van der Waals surface area contributed by atoms with Gasteiger partial charge in [-0.2, -0.15) is 0 Å². The van der Waals surface area contributed by atoms with Crippen molar-refractivity contribution in [2.24, 2.45) is 0 Å². The third kappa shape index (κ3) is 3.26. The zero-order chi connectivity index (χ0) is 13.8. The molecule has 0 radical (unpaired) electrons. The number of hydrogen-bond acceptors (Lipinski definition) is 3. The predicted molar refractivity (Wildman–Crippen MR) is 87.7 cm³/mol. The van der Waals surface area contributed by atoms with Gasteiger partial charge in [-0.05, 0) is 41.4 Å². The van der Waals surface area contributed by atoms with E-state index < -0.39 is 0 Å². The monoisotopic (exact) mass is 385 g/mol. The number of fused-ring (bicyclic) bond motifs is 1. The summed E-state index contributed by atoms with van der Waals surface area (Å²) in [5.41, 5.74) is 0.961. The van der Waals surface area contributed by atoms with Gasteiger partial charge < -0.3 is 4.90 Å². The Hall–Kier alpha value is -0.680. The molecule has 0 N–H and O–H groups in total. The van der Waals surface area contributed by atoms with Gasteiger partial charge in [-0.15, -0.1) is 0 Å². The third-order valence-electron chi connectivity index (χ3n) is 3.10. The maximum atomic E-state index is 4.49. The lowest BCUT2D eigenvalue weighted by Gasteiger charge is -2.23. The molecule has 0 amide bonds. The van der Waals surface area contributed by atoms with Crippen molar-refractivity contribution in [1.82, 2.24) is 9.97 Å². The number of aromatic nitrogens is 2. The second kappa shape index (κ2) is 6.66. The van der Waals surface area contributed by atoms with Gasteiger partial charge >= 0.3 is 0 Å². The van der Waals surface area contributed by atoms with Crippen molar-refractivity contribution < 1.29 is 0 Å². The van der Waals surface area contributed by atoms with Crippen LogP contribution < -0.4 is 4.90 Å². The third-order valence-corrected chi connectivity index (χ3v) is 4.16. The normalized spacial score (nSPS) is 10.9. The van der Waals surface area contributed by atoms with Crippen LogP contribution in [0.15, 0.2) is 27.4 Å². The van der Waals surface area contributed by atoms with Crippen molar-refractivity contribution in [2.75, 3.05) is 18.0 Å². The number of unbranched alkanes of at least 4 members (excludes halogenated alkanes) is 1. The van der Waals surface area contributed by atoms with E-state index in [-0.39, 0.29) is 0 Å². The van der Waals surface area contributed by atoms with E-state index >= 15 is 0 Å². The zero-order valence-electron chi connectivity index (χ0n) is 11.2. The second-order valence-electron chi connectivity index (χ2n) is 4.41. The van der Waals surface area contributed by atoms with Crippen LogP contribution in [-0.4, -0.2) is 23.1 Å². The van der Waals surface area contributed by atoms with Crippen molar-refractivity contribution in [3.8, 4) is 0 Å². The molecule has 0 atom stereocenters. The fraction of sp³-hybridized carbons (Fsp3) is 0.429. The first-order valence-corrected chi connectivity index (χ1v) is 8.10. The first kappa shape index (κ1) is 14.7. The molecule has 1 aromatic heterocycles. The molecular weight excluding hydrogens is 370 g/mol. The minimum atomic E-state index is 0.955. The number of nitrogens with zero attached hydrogens (tertiary/aromatic N) is 3. The van der Waals surface area contributed by atoms with E-state index in [1.807, 2.05) is 6.07 Å². The van der Waals surface area contributed by atoms with Gasteiger partial charge in [-0.3, -0.25) is 0 Å². The first-order valence-electron chi connectivity index (χ1n) is 6.52. The Balaban J connectivity index is 2.53. The summed E-state index contributed by atoms with van der Waals surface area (Å²) in [6, 6.07) is 4.10. The van der Waals surface area contributed by atoms with Gasteiger partial charge in [0.1, 0.15) is 12.1 Å². The molecular formula is C14H17Br2N3. The lowest BCUT2D eigenvalue weighted by Crippen LogP contribution is -2.25. The summed E-state index contributed by atoms with van der Waals surface area (Å²) in [4.78, 5) is 11.2. The fourth-order valence-corrected chi connectivity index (χ4v) is 3.42. The molecule has 0 saturated carbocycles. The Morgan fingerprint density at radius 2 is 1.95 bits per heavy atom. The Kier molecular flexibility index (Phi) is 5.16. The summed E-state index contributed by atoms with van der Waals surface area (Å²) in [6.07, 6.45) is 4.01. The highest BCUT2D eigenvalue weighted by Crippen LogP contribution is 2.31. The van der Waals surface area contributed by atoms with Crippen LogP contribution in [0.25, 0.3) is 10.9 Å². The summed E-state index contributed by atoms with van der Waals surface area (Å²) >= 11 is 7.10. The van der Waals surface area contributed by atoms with E-state index in [9.17, 15) is 0 Å². The van der Waals surface area contributed by atoms with E-state index in [0.29, 0.717) is 0 Å². The highest BCUT2D eigenvalue weighted by Gasteiger charge is 2.12. The van der Waals surface area contributed by atoms with Crippen LogP contribution in [0.1, 0.15) is 26.7 Å². The van der Waals surface area contributed by atoms with E-state index in [0.717, 1.165) is 38.8 Å². The second-order valence-corrected chi connectivity index (χ2v) is 6.18. The molecule has 0 fully saturated rings. The molecule has 19 heavy (non-hydrogen) atoms. The minimum absolute atomic E-state index is 0.955. The molecule has 0 saturated heterocycles. The smallest absolute Gasteiger partial charge is 0.139 e. The fourth-order valence-electron chi connectivity index (χ4n) is 2.09. The van der Waals surface area contributed by atoms with Gasteiger partial charge in [0.25, 0.3) is 0 Å². The summed E-state index contributed by atoms with van der Waals surface area (Å²) in [5, 5.41) is 1.08. The molecule has 0 spiro atoms. The number of benzene rings is 1. The number of halogens is 2. The van der Waals surface area contributed by atoms with Crippen LogP contribution in [0.5, 0.6) is 0 Å². The highest BCUT2D eigenvalue weighted by molar-refractivity contribution is 9.11. The average Bonchev–Trinajstić information content (AvgIpc) is 2.40. The number of rotatable bonds is 5. The molecule has 0 aliphatic rings. The quantitative estimate of drug-likeness (QED) is 0.740. The van der Waals surface area contributed by atoms with E-state index in [1.54, 1.807) is 6.33 Å². The van der Waals surface area contributed by atoms with Gasteiger partial charge in [0.15, 0.2) is 0 Å². The van der Waals surface area contributed by atoms with Crippen molar-refractivity contribution >= 4 is 48.6 Å². The van der Waals surface area contributed by atoms with E-state index in [4.69, 9.17) is 0 Å². The van der Waals surface area contributed by atoms with Crippen molar-refractivity contribution in [2.45, 2.75) is 26.7 Å². The standard InChI is InChI=1S/C14H17Br2N3/c1-3-5-6-19(4-2)14-11-7-10(15)8-12(16)13(11)17-9-18-14/h7-9H,3-6H2,1-2H3. The molecule has 0 aliphatic heterocycles. The first-order chi connectivity index (χ1) is 9.17. The highest BCUT2D eigenvalue weighted by atomic mass is 79.9. The van der Waals surface area contributed by atoms with Gasteiger partial charge in [0.2, 0.25) is 0 Å². The molecule has 2 rings (SSSR count). The summed E-state index contributed by atoms with van der Waals surface area (Å²) in [6.45, 7) is 6.36. The summed E-state index contributed by atoms with van der Waals surface area (Å²) in [5.74, 6) is 1.02. The largest absolute Gasteiger partial charge is 0.356 e. The number of anilines is 1. The van der Waals surface area contributed by atoms with Crippen LogP contribution in [0.2, 0.25) is 0 Å². The summed E-state index contributed by atoms with van der Waals surface area (Å²) < 4.78 is 2.03. The van der Waals surface area contributed by atoms with Gasteiger partial charge in [-0.1, -0.05) is 29.3 Å². The summed E-state index contributed by atoms with van der Waals surface area (Å²) in [7, 11) is 0. The van der Waals surface area contributed by atoms with Crippen molar-refractivity contribution in [1.29, 1.82) is 0 Å². The molecule has 0 aliphatic carbocycles. The topological polar surface area (TPSA) is 29.0 Å². The van der Waals surface area contributed by atoms with Gasteiger partial charge in [0.05, 0.1) is 5.52 Å². The molecule has 5 heteroatoms. The van der Waals surface area contributed by atoms with Crippen LogP contribution in [0.4, 0.5) is 5.82 Å². The van der Waals surface area contributed by atoms with Crippen LogP contribution in [0, 0.1) is 0 Å². The van der Waals surface area contributed by atoms with Gasteiger partial charge in [-0.25, -0.2) is 9.97 Å². The Morgan fingerprint density at radius 3 is 2.63 bits per heavy atom.